The third kappa shape index (κ3) is 5.36. The van der Waals surface area contributed by atoms with Crippen molar-refractivity contribution in [3.8, 4) is 5.75 Å². The zero-order valence-electron chi connectivity index (χ0n) is 13.5. The van der Waals surface area contributed by atoms with E-state index >= 15 is 0 Å². The number of amides is 1. The van der Waals surface area contributed by atoms with Gasteiger partial charge in [-0.3, -0.25) is 14.4 Å². The summed E-state index contributed by atoms with van der Waals surface area (Å²) in [6, 6.07) is 8.27. The summed E-state index contributed by atoms with van der Waals surface area (Å²) in [7, 11) is 1.27. The summed E-state index contributed by atoms with van der Waals surface area (Å²) < 4.78 is 9.91. The third-order valence-electron chi connectivity index (χ3n) is 3.31. The van der Waals surface area contributed by atoms with Crippen molar-refractivity contribution >= 4 is 23.5 Å². The Hall–Kier alpha value is -2.80. The number of aromatic nitrogens is 1. The average Bonchev–Trinajstić information content (AvgIpc) is 2.61. The van der Waals surface area contributed by atoms with E-state index in [4.69, 9.17) is 16.3 Å². The van der Waals surface area contributed by atoms with E-state index in [1.165, 1.54) is 13.3 Å². The molecule has 25 heavy (non-hydrogen) atoms. The summed E-state index contributed by atoms with van der Waals surface area (Å²) in [5, 5.41) is 3.05. The molecule has 0 saturated carbocycles. The number of H-pyrrole nitrogens is 1. The number of pyridine rings is 1. The van der Waals surface area contributed by atoms with Crippen LogP contribution < -0.4 is 15.5 Å². The van der Waals surface area contributed by atoms with E-state index in [0.29, 0.717) is 5.02 Å². The summed E-state index contributed by atoms with van der Waals surface area (Å²) >= 11 is 6.03. The fourth-order valence-electron chi connectivity index (χ4n) is 1.95. The number of ether oxygens (including phenoxy) is 2. The van der Waals surface area contributed by atoms with Gasteiger partial charge in [-0.25, -0.2) is 0 Å². The summed E-state index contributed by atoms with van der Waals surface area (Å²) in [6.07, 6.45) is 1.36. The molecule has 0 saturated heterocycles. The number of halogens is 1. The molecule has 1 aromatic heterocycles. The van der Waals surface area contributed by atoms with Gasteiger partial charge in [0.25, 0.3) is 5.91 Å². The third-order valence-corrected chi connectivity index (χ3v) is 3.67. The highest BCUT2D eigenvalue weighted by Gasteiger charge is 2.11. The maximum atomic E-state index is 12.0. The van der Waals surface area contributed by atoms with Crippen LogP contribution in [0.4, 0.5) is 0 Å². The van der Waals surface area contributed by atoms with Gasteiger partial charge in [-0.05, 0) is 6.07 Å². The maximum Gasteiger partial charge on any atom is 0.307 e. The second kappa shape index (κ2) is 8.89. The number of methoxy groups -OCH3 is 1. The summed E-state index contributed by atoms with van der Waals surface area (Å²) in [5.41, 5.74) is 0.372. The number of hydrogen-bond donors (Lipinski definition) is 2. The largest absolute Gasteiger partial charge is 0.483 e. The molecule has 2 N–H and O–H groups in total. The lowest BCUT2D eigenvalue weighted by molar-refractivity contribution is -0.140. The topological polar surface area (TPSA) is 97.5 Å². The van der Waals surface area contributed by atoms with Gasteiger partial charge in [0.15, 0.2) is 5.75 Å². The van der Waals surface area contributed by atoms with Crippen LogP contribution in [0.2, 0.25) is 5.02 Å². The SMILES string of the molecule is COC(=O)CCNC(=O)c1cc(=O)c(OCc2ccccc2Cl)c[nH]1. The minimum Gasteiger partial charge on any atom is -0.483 e. The van der Waals surface area contributed by atoms with Gasteiger partial charge < -0.3 is 19.8 Å². The predicted octanol–water partition coefficient (Wildman–Crippen LogP) is 1.90. The lowest BCUT2D eigenvalue weighted by Crippen LogP contribution is -2.28. The van der Waals surface area contributed by atoms with E-state index in [2.05, 4.69) is 15.0 Å². The highest BCUT2D eigenvalue weighted by molar-refractivity contribution is 6.31. The van der Waals surface area contributed by atoms with Crippen molar-refractivity contribution in [1.29, 1.82) is 0 Å². The highest BCUT2D eigenvalue weighted by Crippen LogP contribution is 2.16. The molecule has 0 bridgehead atoms. The Morgan fingerprint density at radius 1 is 1.28 bits per heavy atom. The molecular formula is C17H17ClN2O5. The van der Waals surface area contributed by atoms with Gasteiger partial charge in [0, 0.05) is 29.4 Å². The lowest BCUT2D eigenvalue weighted by atomic mass is 10.2. The van der Waals surface area contributed by atoms with Crippen molar-refractivity contribution in [3.05, 3.63) is 63.0 Å². The Balaban J connectivity index is 1.96. The Morgan fingerprint density at radius 3 is 2.72 bits per heavy atom. The lowest BCUT2D eigenvalue weighted by Gasteiger charge is -2.08. The first-order chi connectivity index (χ1) is 12.0. The molecule has 8 heteroatoms. The zero-order valence-corrected chi connectivity index (χ0v) is 14.3. The number of rotatable bonds is 7. The Kier molecular flexibility index (Phi) is 6.59. The summed E-state index contributed by atoms with van der Waals surface area (Å²) in [6.45, 7) is 0.242. The zero-order chi connectivity index (χ0) is 18.2. The van der Waals surface area contributed by atoms with Crippen LogP contribution in [0.25, 0.3) is 0 Å². The number of aromatic amines is 1. The molecule has 2 aromatic rings. The second-order valence-corrected chi connectivity index (χ2v) is 5.44. The van der Waals surface area contributed by atoms with E-state index in [9.17, 15) is 14.4 Å². The monoisotopic (exact) mass is 364 g/mol. The average molecular weight is 365 g/mol. The highest BCUT2D eigenvalue weighted by atomic mass is 35.5. The second-order valence-electron chi connectivity index (χ2n) is 5.04. The molecule has 0 aliphatic rings. The standard InChI is InChI=1S/C17H17ClN2O5/c1-24-16(22)6-7-19-17(23)13-8-14(21)15(9-20-13)25-10-11-4-2-3-5-12(11)18/h2-5,8-9H,6-7,10H2,1H3,(H,19,23)(H,20,21). The maximum absolute atomic E-state index is 12.0. The first-order valence-corrected chi connectivity index (χ1v) is 7.83. The molecule has 2 rings (SSSR count). The van der Waals surface area contributed by atoms with Gasteiger partial charge in [-0.15, -0.1) is 0 Å². The van der Waals surface area contributed by atoms with Crippen molar-refractivity contribution in [2.75, 3.05) is 13.7 Å². The molecule has 0 atom stereocenters. The van der Waals surface area contributed by atoms with Crippen LogP contribution in [0, 0.1) is 0 Å². The molecule has 0 spiro atoms. The van der Waals surface area contributed by atoms with Crippen molar-refractivity contribution in [3.63, 3.8) is 0 Å². The first-order valence-electron chi connectivity index (χ1n) is 7.45. The molecule has 1 aromatic carbocycles. The van der Waals surface area contributed by atoms with E-state index in [-0.39, 0.29) is 31.0 Å². The van der Waals surface area contributed by atoms with Crippen LogP contribution in [0.5, 0.6) is 5.75 Å². The van der Waals surface area contributed by atoms with Crippen LogP contribution in [0.15, 0.2) is 41.3 Å². The van der Waals surface area contributed by atoms with Crippen molar-refractivity contribution < 1.29 is 19.1 Å². The van der Waals surface area contributed by atoms with Crippen LogP contribution in [0.1, 0.15) is 22.5 Å². The molecule has 0 radical (unpaired) electrons. The van der Waals surface area contributed by atoms with Crippen LogP contribution in [0.3, 0.4) is 0 Å². The van der Waals surface area contributed by atoms with Gasteiger partial charge in [0.2, 0.25) is 5.43 Å². The van der Waals surface area contributed by atoms with Gasteiger partial charge >= 0.3 is 5.97 Å². The molecule has 0 aliphatic carbocycles. The Labute approximate surface area is 148 Å². The molecule has 0 fully saturated rings. The molecule has 1 heterocycles. The van der Waals surface area contributed by atoms with Crippen LogP contribution in [-0.2, 0) is 16.1 Å². The normalized spacial score (nSPS) is 10.2. The summed E-state index contributed by atoms with van der Waals surface area (Å²) in [4.78, 5) is 37.6. The van der Waals surface area contributed by atoms with E-state index in [0.717, 1.165) is 11.6 Å². The fraction of sp³-hybridized carbons (Fsp3) is 0.235. The van der Waals surface area contributed by atoms with Crippen molar-refractivity contribution in [2.24, 2.45) is 0 Å². The van der Waals surface area contributed by atoms with Gasteiger partial charge in [-0.1, -0.05) is 29.8 Å². The Morgan fingerprint density at radius 2 is 2.04 bits per heavy atom. The molecule has 1 amide bonds. The van der Waals surface area contributed by atoms with Gasteiger partial charge in [0.1, 0.15) is 12.3 Å². The Bertz CT molecular complexity index is 819. The van der Waals surface area contributed by atoms with Crippen LogP contribution in [-0.4, -0.2) is 30.5 Å². The van der Waals surface area contributed by atoms with Crippen molar-refractivity contribution in [1.82, 2.24) is 10.3 Å². The predicted molar refractivity (Wildman–Crippen MR) is 91.8 cm³/mol. The molecular weight excluding hydrogens is 348 g/mol. The fourth-order valence-corrected chi connectivity index (χ4v) is 2.14. The van der Waals surface area contributed by atoms with Gasteiger partial charge in [-0.2, -0.15) is 0 Å². The molecule has 7 nitrogen and oxygen atoms in total. The van der Waals surface area contributed by atoms with E-state index in [1.807, 2.05) is 6.07 Å². The minimum absolute atomic E-state index is 0.0471. The number of hydrogen-bond acceptors (Lipinski definition) is 5. The van der Waals surface area contributed by atoms with E-state index < -0.39 is 17.3 Å². The quantitative estimate of drug-likeness (QED) is 0.731. The number of esters is 1. The number of carbonyl (C=O) groups is 2. The first kappa shape index (κ1) is 18.5. The molecule has 0 unspecified atom stereocenters. The number of carbonyl (C=O) groups excluding carboxylic acids is 2. The molecule has 132 valence electrons. The molecule has 0 aliphatic heterocycles. The number of nitrogens with one attached hydrogen (secondary N) is 2. The van der Waals surface area contributed by atoms with Crippen LogP contribution >= 0.6 is 11.6 Å². The van der Waals surface area contributed by atoms with Crippen molar-refractivity contribution in [2.45, 2.75) is 13.0 Å². The van der Waals surface area contributed by atoms with Gasteiger partial charge in [0.05, 0.1) is 13.5 Å². The smallest absolute Gasteiger partial charge is 0.307 e. The number of benzene rings is 1. The minimum atomic E-state index is -0.501. The summed E-state index contributed by atoms with van der Waals surface area (Å²) in [5.74, 6) is -0.859. The van der Waals surface area contributed by atoms with E-state index in [1.54, 1.807) is 18.2 Å².